The van der Waals surface area contributed by atoms with Crippen molar-refractivity contribution >= 4 is 152 Å². The van der Waals surface area contributed by atoms with Gasteiger partial charge in [-0.25, -0.2) is 0 Å². The van der Waals surface area contributed by atoms with E-state index >= 15 is 0 Å². The molecule has 0 spiro atoms. The summed E-state index contributed by atoms with van der Waals surface area (Å²) in [6.45, 7) is 13.4. The van der Waals surface area contributed by atoms with Gasteiger partial charge in [0.15, 0.2) is 5.58 Å². The van der Waals surface area contributed by atoms with Crippen molar-refractivity contribution < 1.29 is 8.83 Å². The van der Waals surface area contributed by atoms with Gasteiger partial charge in [0.05, 0.1) is 22.4 Å². The van der Waals surface area contributed by atoms with Crippen LogP contribution in [0.5, 0.6) is 0 Å². The Hall–Kier alpha value is -12.3. The first-order valence-electron chi connectivity index (χ1n) is 34.7. The summed E-state index contributed by atoms with van der Waals surface area (Å²) in [4.78, 5) is 12.4. The first-order chi connectivity index (χ1) is 48.9. The monoisotopic (exact) mass is 1290 g/mol. The molecule has 0 bridgehead atoms. The summed E-state index contributed by atoms with van der Waals surface area (Å²) in [5, 5.41) is 4.19. The number of benzene rings is 14. The lowest BCUT2D eigenvalue weighted by Gasteiger charge is -2.45. The zero-order chi connectivity index (χ0) is 67.4. The molecule has 0 N–H and O–H groups in total. The molecular formula is C92H72BN5O2. The maximum Gasteiger partial charge on any atom is 0.257 e. The number of fused-ring (bicyclic) bond motifs is 11. The van der Waals surface area contributed by atoms with E-state index < -0.39 is 0 Å². The van der Waals surface area contributed by atoms with Crippen LogP contribution >= 0.6 is 0 Å². The van der Waals surface area contributed by atoms with Gasteiger partial charge in [-0.2, -0.15) is 0 Å². The summed E-state index contributed by atoms with van der Waals surface area (Å²) in [5.41, 5.74) is 26.4. The third-order valence-corrected chi connectivity index (χ3v) is 20.3. The van der Waals surface area contributed by atoms with E-state index in [0.717, 1.165) is 157 Å². The summed E-state index contributed by atoms with van der Waals surface area (Å²) < 4.78 is 14.8. The van der Waals surface area contributed by atoms with Gasteiger partial charge in [0.1, 0.15) is 16.7 Å². The van der Waals surface area contributed by atoms with Gasteiger partial charge in [0.2, 0.25) is 0 Å². The quantitative estimate of drug-likeness (QED) is 0.113. The van der Waals surface area contributed by atoms with E-state index in [2.05, 4.69) is 394 Å². The Bertz CT molecular complexity index is 5690. The molecule has 4 heterocycles. The lowest BCUT2D eigenvalue weighted by atomic mass is 9.33. The summed E-state index contributed by atoms with van der Waals surface area (Å²) >= 11 is 0. The van der Waals surface area contributed by atoms with Crippen molar-refractivity contribution in [3.8, 4) is 11.1 Å². The third kappa shape index (κ3) is 10.1. The fourth-order valence-electron chi connectivity index (χ4n) is 15.5. The molecule has 0 saturated carbocycles. The van der Waals surface area contributed by atoms with Gasteiger partial charge in [-0.3, -0.25) is 0 Å². The van der Waals surface area contributed by atoms with Gasteiger partial charge < -0.3 is 33.3 Å². The van der Waals surface area contributed by atoms with E-state index in [4.69, 9.17) is 8.83 Å². The van der Waals surface area contributed by atoms with E-state index in [1.807, 2.05) is 0 Å². The van der Waals surface area contributed by atoms with Gasteiger partial charge in [-0.1, -0.05) is 236 Å². The Kier molecular flexibility index (Phi) is 14.3. The zero-order valence-electron chi connectivity index (χ0n) is 56.8. The number of furan rings is 2. The van der Waals surface area contributed by atoms with Gasteiger partial charge in [0.25, 0.3) is 6.71 Å². The Morgan fingerprint density at radius 1 is 0.290 bits per heavy atom. The van der Waals surface area contributed by atoms with Gasteiger partial charge >= 0.3 is 0 Å². The van der Waals surface area contributed by atoms with Crippen LogP contribution in [0.4, 0.5) is 85.3 Å². The molecule has 0 saturated heterocycles. The van der Waals surface area contributed by atoms with Crippen LogP contribution in [0.1, 0.15) is 52.7 Å². The summed E-state index contributed by atoms with van der Waals surface area (Å²) in [5.74, 6) is 0. The van der Waals surface area contributed by atoms with Crippen LogP contribution < -0.4 is 40.9 Å². The number of hydrogen-bond acceptors (Lipinski definition) is 7. The van der Waals surface area contributed by atoms with Crippen LogP contribution in [-0.4, -0.2) is 6.71 Å². The van der Waals surface area contributed by atoms with Crippen LogP contribution in [0.15, 0.2) is 336 Å². The first-order valence-corrected chi connectivity index (χ1v) is 34.7. The van der Waals surface area contributed by atoms with Crippen LogP contribution in [0, 0.1) is 0 Å². The minimum absolute atomic E-state index is 0.0989. The van der Waals surface area contributed by atoms with Gasteiger partial charge in [-0.15, -0.1) is 0 Å². The maximum atomic E-state index is 7.72. The second-order valence-corrected chi connectivity index (χ2v) is 28.5. The molecule has 16 aromatic rings. The predicted octanol–water partition coefficient (Wildman–Crippen LogP) is 24.2. The van der Waals surface area contributed by atoms with E-state index in [0.29, 0.717) is 0 Å². The zero-order valence-corrected chi connectivity index (χ0v) is 56.8. The number of para-hydroxylation sites is 7. The fraction of sp³-hybridized carbons (Fsp3) is 0.0870. The molecule has 18 rings (SSSR count). The van der Waals surface area contributed by atoms with Crippen molar-refractivity contribution in [3.05, 3.63) is 339 Å². The standard InChI is InChI=1S/C92H72BN5O2/c1-91(2,3)63-46-50-69(51-47-63)97-79-57-72(96(71-39-26-30-62(56-71)61-28-12-7-13-29-61)78-43-27-42-75-74-40-22-24-44-84(74)99-89(75)78)54-55-77(79)93-87-81(97)58-73(94(65-31-14-8-15-32-65)66-33-16-9-17-34-66)59-82(87)98(70-52-48-64(49-53-70)92(4,5)6)83-60-80(86-76-41-23-25-45-85(76)100-90(86)88(83)93)95(67-35-18-10-19-36-67)68-37-20-11-21-38-68/h7-60H,1-6H3. The molecule has 2 aliphatic rings. The Labute approximate surface area is 584 Å². The van der Waals surface area contributed by atoms with Crippen molar-refractivity contribution in [1.29, 1.82) is 0 Å². The Morgan fingerprint density at radius 2 is 0.710 bits per heavy atom. The van der Waals surface area contributed by atoms with Crippen LogP contribution in [0.25, 0.3) is 55.0 Å². The van der Waals surface area contributed by atoms with E-state index in [9.17, 15) is 0 Å². The largest absolute Gasteiger partial charge is 0.456 e. The van der Waals surface area contributed by atoms with Crippen molar-refractivity contribution in [2.45, 2.75) is 52.4 Å². The maximum absolute atomic E-state index is 7.72. The van der Waals surface area contributed by atoms with Crippen molar-refractivity contribution in [2.24, 2.45) is 0 Å². The smallest absolute Gasteiger partial charge is 0.257 e. The molecule has 0 unspecified atom stereocenters. The normalized spacial score (nSPS) is 12.6. The van der Waals surface area contributed by atoms with E-state index in [-0.39, 0.29) is 17.5 Å². The third-order valence-electron chi connectivity index (χ3n) is 20.3. The predicted molar refractivity (Wildman–Crippen MR) is 422 cm³/mol. The van der Waals surface area contributed by atoms with Crippen LogP contribution in [-0.2, 0) is 10.8 Å². The molecule has 0 fully saturated rings. The Morgan fingerprint density at radius 3 is 1.28 bits per heavy atom. The lowest BCUT2D eigenvalue weighted by Crippen LogP contribution is -2.61. The minimum Gasteiger partial charge on any atom is -0.456 e. The molecule has 2 aliphatic heterocycles. The second kappa shape index (κ2) is 23.8. The Balaban J connectivity index is 0.996. The number of hydrogen-bond donors (Lipinski definition) is 0. The van der Waals surface area contributed by atoms with Crippen molar-refractivity contribution in [3.63, 3.8) is 0 Å². The number of rotatable bonds is 12. The highest BCUT2D eigenvalue weighted by molar-refractivity contribution is 7.01. The topological polar surface area (TPSA) is 42.5 Å². The summed E-state index contributed by atoms with van der Waals surface area (Å²) in [6.07, 6.45) is 0. The molecular weight excluding hydrogens is 1220 g/mol. The highest BCUT2D eigenvalue weighted by Crippen LogP contribution is 2.54. The molecule has 100 heavy (non-hydrogen) atoms. The first kappa shape index (κ1) is 60.2. The lowest BCUT2D eigenvalue weighted by molar-refractivity contribution is 0.590. The molecule has 0 atom stereocenters. The molecule has 7 nitrogen and oxygen atoms in total. The molecule has 0 aliphatic carbocycles. The second-order valence-electron chi connectivity index (χ2n) is 28.5. The minimum atomic E-state index is -0.386. The fourth-order valence-corrected chi connectivity index (χ4v) is 15.5. The average molecular weight is 1290 g/mol. The summed E-state index contributed by atoms with van der Waals surface area (Å²) in [6, 6.07) is 120. The average Bonchev–Trinajstić information content (AvgIpc) is 1.02. The molecule has 14 aromatic carbocycles. The van der Waals surface area contributed by atoms with Crippen LogP contribution in [0.3, 0.4) is 0 Å². The number of anilines is 15. The molecule has 480 valence electrons. The van der Waals surface area contributed by atoms with Gasteiger partial charge in [-0.05, 0) is 183 Å². The molecule has 0 radical (unpaired) electrons. The molecule has 0 amide bonds. The van der Waals surface area contributed by atoms with Gasteiger partial charge in [0, 0.05) is 84.4 Å². The van der Waals surface area contributed by atoms with Crippen molar-refractivity contribution in [1.82, 2.24) is 0 Å². The van der Waals surface area contributed by atoms with Crippen LogP contribution in [0.2, 0.25) is 0 Å². The highest BCUT2D eigenvalue weighted by atomic mass is 16.3. The van der Waals surface area contributed by atoms with Crippen molar-refractivity contribution in [2.75, 3.05) is 24.5 Å². The molecule has 2 aromatic heterocycles. The molecule has 8 heteroatoms. The summed E-state index contributed by atoms with van der Waals surface area (Å²) in [7, 11) is 0. The highest BCUT2D eigenvalue weighted by Gasteiger charge is 2.47. The SMILES string of the molecule is CC(C)(C)c1ccc(N2c3cc(N(c4cccc(-c5ccccc5)c4)c4cccc5c4oc4ccccc45)ccc3B3c4c2cc(N(c2ccccc2)c2ccccc2)cc4N(c2ccc(C(C)(C)C)cc2)c2cc(N(c4ccccc4)c4ccccc4)c4c(oc5ccccc54)c23)cc1. The van der Waals surface area contributed by atoms with E-state index in [1.165, 1.54) is 11.1 Å². The van der Waals surface area contributed by atoms with E-state index in [1.54, 1.807) is 0 Å². The number of nitrogens with zero attached hydrogens (tertiary/aromatic N) is 5.